The first-order chi connectivity index (χ1) is 8.25. The minimum absolute atomic E-state index is 0.452. The number of aliphatic imine (C=N–C) groups is 1. The summed E-state index contributed by atoms with van der Waals surface area (Å²) < 4.78 is 0. The van der Waals surface area contributed by atoms with Crippen LogP contribution in [0.1, 0.15) is 17.0 Å². The lowest BCUT2D eigenvalue weighted by atomic mass is 10.2. The Morgan fingerprint density at radius 2 is 1.94 bits per heavy atom. The maximum Gasteiger partial charge on any atom is 0.126 e. The molecule has 1 aromatic carbocycles. The molecule has 2 rings (SSSR count). The fourth-order valence-electron chi connectivity index (χ4n) is 1.37. The summed E-state index contributed by atoms with van der Waals surface area (Å²) >= 11 is 0. The zero-order valence-corrected chi connectivity index (χ0v) is 9.67. The fraction of sp³-hybridized carbons (Fsp3) is 0.154. The van der Waals surface area contributed by atoms with Gasteiger partial charge in [-0.25, -0.2) is 0 Å². The normalized spacial score (nSPS) is 11.5. The Labute approximate surface area is 100 Å². The highest BCUT2D eigenvalue weighted by Gasteiger charge is 1.97. The largest absolute Gasteiger partial charge is 0.383 e. The predicted molar refractivity (Wildman–Crippen MR) is 67.6 cm³/mol. The predicted octanol–water partition coefficient (Wildman–Crippen LogP) is 1.69. The maximum atomic E-state index is 5.87. The Balaban J connectivity index is 2.08. The van der Waals surface area contributed by atoms with Crippen molar-refractivity contribution >= 4 is 5.84 Å². The fourth-order valence-corrected chi connectivity index (χ4v) is 1.37. The van der Waals surface area contributed by atoms with Gasteiger partial charge in [-0.15, -0.1) is 0 Å². The molecule has 0 aliphatic heterocycles. The molecule has 0 atom stereocenters. The summed E-state index contributed by atoms with van der Waals surface area (Å²) in [5.41, 5.74) is 8.51. The molecule has 2 aromatic rings. The number of nitrogens with two attached hydrogens (primary N) is 1. The van der Waals surface area contributed by atoms with Gasteiger partial charge in [0.15, 0.2) is 0 Å². The van der Waals surface area contributed by atoms with Crippen LogP contribution in [0.5, 0.6) is 0 Å². The van der Waals surface area contributed by atoms with Gasteiger partial charge in [0.2, 0.25) is 0 Å². The van der Waals surface area contributed by atoms with Gasteiger partial charge in [-0.1, -0.05) is 30.3 Å². The van der Waals surface area contributed by atoms with E-state index in [4.69, 9.17) is 5.73 Å². The van der Waals surface area contributed by atoms with Crippen LogP contribution in [0.4, 0.5) is 0 Å². The monoisotopic (exact) mass is 226 g/mol. The number of amidine groups is 1. The van der Waals surface area contributed by atoms with E-state index in [1.165, 1.54) is 0 Å². The highest BCUT2D eigenvalue weighted by Crippen LogP contribution is 2.00. The van der Waals surface area contributed by atoms with E-state index < -0.39 is 0 Å². The number of aromatic nitrogens is 2. The summed E-state index contributed by atoms with van der Waals surface area (Å²) in [5.74, 6) is 0.521. The molecule has 17 heavy (non-hydrogen) atoms. The number of hydrogen-bond donors (Lipinski definition) is 1. The first-order valence-electron chi connectivity index (χ1n) is 5.38. The van der Waals surface area contributed by atoms with Crippen molar-refractivity contribution in [1.29, 1.82) is 0 Å². The Morgan fingerprint density at radius 3 is 2.59 bits per heavy atom. The first-order valence-corrected chi connectivity index (χ1v) is 5.38. The second-order valence-corrected chi connectivity index (χ2v) is 3.72. The Bertz CT molecular complexity index is 503. The number of benzene rings is 1. The lowest BCUT2D eigenvalue weighted by molar-refractivity contribution is 0.945. The van der Waals surface area contributed by atoms with Gasteiger partial charge in [-0.3, -0.25) is 15.0 Å². The third kappa shape index (κ3) is 3.11. The minimum atomic E-state index is 0.452. The number of hydrogen-bond acceptors (Lipinski definition) is 3. The van der Waals surface area contributed by atoms with E-state index in [2.05, 4.69) is 15.0 Å². The average Bonchev–Trinajstić information content (AvgIpc) is 2.39. The molecule has 0 bridgehead atoms. The summed E-state index contributed by atoms with van der Waals surface area (Å²) in [6, 6.07) is 9.67. The van der Waals surface area contributed by atoms with Crippen LogP contribution in [0.2, 0.25) is 0 Å². The highest BCUT2D eigenvalue weighted by atomic mass is 14.9. The molecule has 0 saturated carbocycles. The first kappa shape index (κ1) is 11.3. The molecule has 0 aliphatic rings. The van der Waals surface area contributed by atoms with E-state index in [0.29, 0.717) is 12.4 Å². The van der Waals surface area contributed by atoms with Crippen molar-refractivity contribution in [3.63, 3.8) is 0 Å². The van der Waals surface area contributed by atoms with Crippen molar-refractivity contribution in [2.24, 2.45) is 10.7 Å². The number of rotatable bonds is 3. The van der Waals surface area contributed by atoms with Gasteiger partial charge in [0.25, 0.3) is 0 Å². The van der Waals surface area contributed by atoms with Crippen molar-refractivity contribution in [3.05, 3.63) is 59.7 Å². The summed E-state index contributed by atoms with van der Waals surface area (Å²) in [5, 5.41) is 0. The van der Waals surface area contributed by atoms with Gasteiger partial charge >= 0.3 is 0 Å². The van der Waals surface area contributed by atoms with Crippen LogP contribution in [0.15, 0.2) is 47.7 Å². The Kier molecular flexibility index (Phi) is 3.45. The minimum Gasteiger partial charge on any atom is -0.383 e. The zero-order chi connectivity index (χ0) is 12.1. The third-order valence-corrected chi connectivity index (χ3v) is 2.32. The van der Waals surface area contributed by atoms with Crippen LogP contribution >= 0.6 is 0 Å². The van der Waals surface area contributed by atoms with E-state index in [1.807, 2.05) is 37.3 Å². The van der Waals surface area contributed by atoms with Gasteiger partial charge in [0, 0.05) is 11.8 Å². The molecular formula is C13H14N4. The molecule has 1 heterocycles. The lowest BCUT2D eigenvalue weighted by Crippen LogP contribution is -2.13. The standard InChI is InChI=1S/C13H14N4/c1-10-7-16-12(8-15-10)9-17-13(14)11-5-3-2-4-6-11/h2-8H,9H2,1H3,(H2,14,17). The van der Waals surface area contributed by atoms with Gasteiger partial charge in [-0.05, 0) is 6.92 Å². The second kappa shape index (κ2) is 5.21. The van der Waals surface area contributed by atoms with Gasteiger partial charge in [0.05, 0.1) is 24.1 Å². The third-order valence-electron chi connectivity index (χ3n) is 2.32. The molecule has 4 nitrogen and oxygen atoms in total. The van der Waals surface area contributed by atoms with Crippen molar-refractivity contribution < 1.29 is 0 Å². The maximum absolute atomic E-state index is 5.87. The number of aryl methyl sites for hydroxylation is 1. The lowest BCUT2D eigenvalue weighted by Gasteiger charge is -2.00. The second-order valence-electron chi connectivity index (χ2n) is 3.72. The van der Waals surface area contributed by atoms with Crippen LogP contribution < -0.4 is 5.73 Å². The van der Waals surface area contributed by atoms with Crippen LogP contribution in [-0.2, 0) is 6.54 Å². The van der Waals surface area contributed by atoms with Crippen molar-refractivity contribution in [2.75, 3.05) is 0 Å². The summed E-state index contributed by atoms with van der Waals surface area (Å²) in [4.78, 5) is 12.7. The zero-order valence-electron chi connectivity index (χ0n) is 9.67. The van der Waals surface area contributed by atoms with Crippen LogP contribution in [0, 0.1) is 6.92 Å². The smallest absolute Gasteiger partial charge is 0.126 e. The highest BCUT2D eigenvalue weighted by molar-refractivity contribution is 5.97. The summed E-state index contributed by atoms with van der Waals surface area (Å²) in [6.45, 7) is 2.35. The van der Waals surface area contributed by atoms with Gasteiger partial charge < -0.3 is 5.73 Å². The van der Waals surface area contributed by atoms with Crippen LogP contribution in [0.3, 0.4) is 0 Å². The molecule has 2 N–H and O–H groups in total. The van der Waals surface area contributed by atoms with Crippen LogP contribution in [0.25, 0.3) is 0 Å². The summed E-state index contributed by atoms with van der Waals surface area (Å²) in [6.07, 6.45) is 3.45. The SMILES string of the molecule is Cc1cnc(CN=C(N)c2ccccc2)cn1. The van der Waals surface area contributed by atoms with E-state index in [0.717, 1.165) is 17.0 Å². The van der Waals surface area contributed by atoms with Gasteiger partial charge in [-0.2, -0.15) is 0 Å². The van der Waals surface area contributed by atoms with E-state index >= 15 is 0 Å². The molecule has 1 aromatic heterocycles. The molecular weight excluding hydrogens is 212 g/mol. The molecule has 86 valence electrons. The molecule has 0 amide bonds. The van der Waals surface area contributed by atoms with Crippen molar-refractivity contribution in [2.45, 2.75) is 13.5 Å². The topological polar surface area (TPSA) is 64.2 Å². The molecule has 0 saturated heterocycles. The van der Waals surface area contributed by atoms with Crippen LogP contribution in [-0.4, -0.2) is 15.8 Å². The molecule has 0 aliphatic carbocycles. The summed E-state index contributed by atoms with van der Waals surface area (Å²) in [7, 11) is 0. The average molecular weight is 226 g/mol. The molecule has 0 fully saturated rings. The molecule has 0 radical (unpaired) electrons. The van der Waals surface area contributed by atoms with Crippen molar-refractivity contribution in [1.82, 2.24) is 9.97 Å². The molecule has 4 heteroatoms. The molecule has 0 unspecified atom stereocenters. The van der Waals surface area contributed by atoms with E-state index in [-0.39, 0.29) is 0 Å². The molecule has 0 spiro atoms. The Morgan fingerprint density at radius 1 is 1.18 bits per heavy atom. The number of nitrogens with zero attached hydrogens (tertiary/aromatic N) is 3. The van der Waals surface area contributed by atoms with E-state index in [1.54, 1.807) is 12.4 Å². The van der Waals surface area contributed by atoms with E-state index in [9.17, 15) is 0 Å². The Hall–Kier alpha value is -2.23. The van der Waals surface area contributed by atoms with Crippen molar-refractivity contribution in [3.8, 4) is 0 Å². The van der Waals surface area contributed by atoms with Gasteiger partial charge in [0.1, 0.15) is 5.84 Å². The quantitative estimate of drug-likeness (QED) is 0.640.